The number of nitrogens with zero attached hydrogens (tertiary/aromatic N) is 3. The minimum Gasteiger partial charge on any atom is -0.316 e. The third-order valence-corrected chi connectivity index (χ3v) is 9.88. The summed E-state index contributed by atoms with van der Waals surface area (Å²) >= 11 is 0. The van der Waals surface area contributed by atoms with Gasteiger partial charge in [0.1, 0.15) is 0 Å². The van der Waals surface area contributed by atoms with Crippen molar-refractivity contribution in [2.45, 2.75) is 11.8 Å². The predicted molar refractivity (Wildman–Crippen MR) is 114 cm³/mol. The van der Waals surface area contributed by atoms with Gasteiger partial charge in [0.15, 0.2) is 0 Å². The van der Waals surface area contributed by atoms with E-state index in [2.05, 4.69) is 4.15 Å². The quantitative estimate of drug-likeness (QED) is 0.656. The Hall–Kier alpha value is -1.76. The zero-order valence-corrected chi connectivity index (χ0v) is 18.1. The van der Waals surface area contributed by atoms with E-state index in [0.29, 0.717) is 13.1 Å². The summed E-state index contributed by atoms with van der Waals surface area (Å²) in [7, 11) is -2.89. The zero-order chi connectivity index (χ0) is 20.2. The molecular weight excluding hydrogens is 393 g/mol. The zero-order valence-electron chi connectivity index (χ0n) is 16.4. The monoisotopic (exact) mass is 419 g/mol. The van der Waals surface area contributed by atoms with Crippen LogP contribution in [0.25, 0.3) is 6.08 Å². The number of benzene rings is 2. The van der Waals surface area contributed by atoms with Gasteiger partial charge in [-0.3, -0.25) is 0 Å². The van der Waals surface area contributed by atoms with Crippen LogP contribution in [0.3, 0.4) is 0 Å². The number of hydrogen-bond acceptors (Lipinski definition) is 3. The topological polar surface area (TPSA) is 62.2 Å². The minimum absolute atomic E-state index is 0.189. The van der Waals surface area contributed by atoms with Gasteiger partial charge in [0, 0.05) is 13.1 Å². The van der Waals surface area contributed by atoms with Crippen LogP contribution < -0.4 is 0 Å². The van der Waals surface area contributed by atoms with E-state index in [1.807, 2.05) is 72.8 Å². The Balaban J connectivity index is 1.89. The molecule has 28 heavy (non-hydrogen) atoms. The Morgan fingerprint density at radius 1 is 1.04 bits per heavy atom. The SMILES string of the molecule is Cc1ccc(S(=O)(=O)N=P2(OC/C=C/c3ccccc3)N(C)CCN2C)cc1. The summed E-state index contributed by atoms with van der Waals surface area (Å²) in [6.07, 6.45) is 3.85. The van der Waals surface area contributed by atoms with Crippen molar-refractivity contribution in [2.24, 2.45) is 4.15 Å². The van der Waals surface area contributed by atoms with Crippen molar-refractivity contribution in [1.82, 2.24) is 9.34 Å². The molecule has 1 saturated heterocycles. The second kappa shape index (κ2) is 8.72. The summed E-state index contributed by atoms with van der Waals surface area (Å²) in [6, 6.07) is 16.6. The van der Waals surface area contributed by atoms with Crippen LogP contribution in [0.4, 0.5) is 0 Å². The first kappa shape index (κ1) is 21.0. The number of rotatable bonds is 6. The van der Waals surface area contributed by atoms with E-state index in [1.165, 1.54) is 0 Å². The van der Waals surface area contributed by atoms with E-state index in [1.54, 1.807) is 24.3 Å². The molecule has 0 spiro atoms. The van der Waals surface area contributed by atoms with Crippen LogP contribution in [0.15, 0.2) is 69.7 Å². The van der Waals surface area contributed by atoms with Crippen LogP contribution in [-0.4, -0.2) is 51.6 Å². The van der Waals surface area contributed by atoms with Gasteiger partial charge in [-0.15, -0.1) is 4.15 Å². The van der Waals surface area contributed by atoms with Gasteiger partial charge < -0.3 is 4.52 Å². The molecule has 0 aromatic heterocycles. The first-order valence-electron chi connectivity index (χ1n) is 9.08. The average Bonchev–Trinajstić information content (AvgIpc) is 2.94. The van der Waals surface area contributed by atoms with Crippen molar-refractivity contribution < 1.29 is 12.9 Å². The highest BCUT2D eigenvalue weighted by molar-refractivity contribution is 7.93. The molecule has 0 N–H and O–H groups in total. The smallest absolute Gasteiger partial charge is 0.285 e. The van der Waals surface area contributed by atoms with Crippen LogP contribution in [0.5, 0.6) is 0 Å². The van der Waals surface area contributed by atoms with Gasteiger partial charge in [-0.25, -0.2) is 9.34 Å². The van der Waals surface area contributed by atoms with Crippen LogP contribution >= 0.6 is 7.58 Å². The minimum atomic E-state index is -3.83. The molecule has 0 unspecified atom stereocenters. The molecule has 0 saturated carbocycles. The number of sulfonamides is 1. The maximum absolute atomic E-state index is 13.0. The Morgan fingerprint density at radius 3 is 2.25 bits per heavy atom. The molecule has 1 fully saturated rings. The molecule has 2 aromatic rings. The fourth-order valence-electron chi connectivity index (χ4n) is 2.94. The van der Waals surface area contributed by atoms with Gasteiger partial charge in [-0.1, -0.05) is 60.2 Å². The van der Waals surface area contributed by atoms with Gasteiger partial charge in [0.05, 0.1) is 11.5 Å². The van der Waals surface area contributed by atoms with Crippen molar-refractivity contribution in [3.05, 3.63) is 71.8 Å². The van der Waals surface area contributed by atoms with Gasteiger partial charge in [-0.05, 0) is 38.7 Å². The molecule has 3 rings (SSSR count). The molecule has 1 heterocycles. The van der Waals surface area contributed by atoms with E-state index >= 15 is 0 Å². The largest absolute Gasteiger partial charge is 0.316 e. The number of aryl methyl sites for hydroxylation is 1. The van der Waals surface area contributed by atoms with E-state index in [9.17, 15) is 8.42 Å². The lowest BCUT2D eigenvalue weighted by Crippen LogP contribution is -2.17. The van der Waals surface area contributed by atoms with Gasteiger partial charge in [0.2, 0.25) is 7.58 Å². The molecule has 8 heteroatoms. The maximum atomic E-state index is 13.0. The first-order valence-corrected chi connectivity index (χ1v) is 12.1. The van der Waals surface area contributed by atoms with Crippen LogP contribution in [0.2, 0.25) is 0 Å². The van der Waals surface area contributed by atoms with Crippen LogP contribution in [0, 0.1) is 6.92 Å². The van der Waals surface area contributed by atoms with Crippen molar-refractivity contribution in [2.75, 3.05) is 33.8 Å². The van der Waals surface area contributed by atoms with E-state index < -0.39 is 17.6 Å². The van der Waals surface area contributed by atoms with Crippen molar-refractivity contribution >= 4 is 23.7 Å². The molecule has 150 valence electrons. The molecule has 0 aliphatic carbocycles. The lowest BCUT2D eigenvalue weighted by molar-refractivity contribution is 0.341. The molecule has 0 atom stereocenters. The highest BCUT2D eigenvalue weighted by Crippen LogP contribution is 2.60. The summed E-state index contributed by atoms with van der Waals surface area (Å²) in [5, 5.41) is 0. The van der Waals surface area contributed by atoms with E-state index in [-0.39, 0.29) is 11.5 Å². The Labute approximate surface area is 167 Å². The lowest BCUT2D eigenvalue weighted by atomic mass is 10.2. The molecule has 1 aliphatic heterocycles. The maximum Gasteiger partial charge on any atom is 0.285 e. The second-order valence-corrected chi connectivity index (χ2v) is 11.5. The van der Waals surface area contributed by atoms with Crippen molar-refractivity contribution in [3.8, 4) is 0 Å². The second-order valence-electron chi connectivity index (χ2n) is 6.75. The summed E-state index contributed by atoms with van der Waals surface area (Å²) < 4.78 is 40.2. The summed E-state index contributed by atoms with van der Waals surface area (Å²) in [5.41, 5.74) is 2.07. The molecule has 2 aromatic carbocycles. The summed E-state index contributed by atoms with van der Waals surface area (Å²) in [6.45, 7) is 3.62. The molecule has 0 bridgehead atoms. The third kappa shape index (κ3) is 4.62. The molecular formula is C20H26N3O3PS. The Bertz CT molecular complexity index is 975. The fourth-order valence-corrected chi connectivity index (χ4v) is 8.01. The summed E-state index contributed by atoms with van der Waals surface area (Å²) in [4.78, 5) is 0.189. The number of hydrogen-bond donors (Lipinski definition) is 0. The standard InChI is InChI=1S/C20H26N3O3PS/c1-18-11-13-20(14-12-18)28(24,25)21-27(22(2)15-16-23(27)3)26-17-7-10-19-8-5-4-6-9-19/h4-14H,15-17H2,1-3H3/b10-7+. The predicted octanol–water partition coefficient (Wildman–Crippen LogP) is 4.24. The van der Waals surface area contributed by atoms with E-state index in [0.717, 1.165) is 11.1 Å². The molecule has 0 amide bonds. The highest BCUT2D eigenvalue weighted by Gasteiger charge is 2.39. The van der Waals surface area contributed by atoms with Gasteiger partial charge in [0.25, 0.3) is 10.0 Å². The molecule has 6 nitrogen and oxygen atoms in total. The number of likely N-dealkylation sites (N-methyl/N-ethyl adjacent to an activating group) is 2. The van der Waals surface area contributed by atoms with E-state index in [4.69, 9.17) is 4.52 Å². The van der Waals surface area contributed by atoms with Crippen LogP contribution in [-0.2, 0) is 14.5 Å². The highest BCUT2D eigenvalue weighted by atomic mass is 32.2. The third-order valence-electron chi connectivity index (χ3n) is 4.62. The normalized spacial score (nSPS) is 18.0. The first-order chi connectivity index (χ1) is 13.3. The Morgan fingerprint density at radius 2 is 1.64 bits per heavy atom. The molecule has 1 aliphatic rings. The lowest BCUT2D eigenvalue weighted by Gasteiger charge is -2.29. The van der Waals surface area contributed by atoms with Gasteiger partial charge >= 0.3 is 0 Å². The van der Waals surface area contributed by atoms with Gasteiger partial charge in [-0.2, -0.15) is 8.42 Å². The Kier molecular flexibility index (Phi) is 6.53. The van der Waals surface area contributed by atoms with Crippen molar-refractivity contribution in [3.63, 3.8) is 0 Å². The average molecular weight is 419 g/mol. The molecule has 0 radical (unpaired) electrons. The van der Waals surface area contributed by atoms with Crippen LogP contribution in [0.1, 0.15) is 11.1 Å². The van der Waals surface area contributed by atoms with Crippen molar-refractivity contribution in [1.29, 1.82) is 0 Å². The summed E-state index contributed by atoms with van der Waals surface area (Å²) in [5.74, 6) is 0. The fraction of sp³-hybridized carbons (Fsp3) is 0.300.